The lowest BCUT2D eigenvalue weighted by molar-refractivity contribution is 0.823. The zero-order valence-corrected chi connectivity index (χ0v) is 12.0. The second-order valence-electron chi connectivity index (χ2n) is 4.22. The van der Waals surface area contributed by atoms with E-state index in [0.29, 0.717) is 0 Å². The van der Waals surface area contributed by atoms with E-state index >= 15 is 0 Å². The minimum Gasteiger partial charge on any atom is -0.335 e. The molecular weight excluding hydrogens is 252 g/mol. The molecule has 0 heterocycles. The summed E-state index contributed by atoms with van der Waals surface area (Å²) in [5, 5.41) is 4.28. The number of rotatable bonds is 3. The minimum atomic E-state index is 0.153. The first-order chi connectivity index (χ1) is 9.29. The molecule has 2 aromatic rings. The van der Waals surface area contributed by atoms with Gasteiger partial charge in [0.25, 0.3) is 0 Å². The van der Waals surface area contributed by atoms with Gasteiger partial charge in [-0.3, -0.25) is 4.99 Å². The predicted octanol–water partition coefficient (Wildman–Crippen LogP) is 4.58. The molecule has 0 saturated carbocycles. The second kappa shape index (κ2) is 7.00. The van der Waals surface area contributed by atoms with E-state index in [-0.39, 0.29) is 6.04 Å². The van der Waals surface area contributed by atoms with Crippen molar-refractivity contribution in [2.75, 3.05) is 11.6 Å². The van der Waals surface area contributed by atoms with Crippen molar-refractivity contribution in [3.8, 4) is 0 Å². The van der Waals surface area contributed by atoms with Gasteiger partial charge in [0.15, 0.2) is 5.17 Å². The van der Waals surface area contributed by atoms with Gasteiger partial charge < -0.3 is 5.32 Å². The average Bonchev–Trinajstić information content (AvgIpc) is 2.48. The third kappa shape index (κ3) is 4.14. The molecule has 0 spiro atoms. The largest absolute Gasteiger partial charge is 0.335 e. The van der Waals surface area contributed by atoms with Gasteiger partial charge in [-0.25, -0.2) is 0 Å². The quantitative estimate of drug-likeness (QED) is 0.652. The van der Waals surface area contributed by atoms with Crippen LogP contribution in [-0.2, 0) is 0 Å². The summed E-state index contributed by atoms with van der Waals surface area (Å²) in [4.78, 5) is 4.73. The highest BCUT2D eigenvalue weighted by molar-refractivity contribution is 8.13. The van der Waals surface area contributed by atoms with Crippen molar-refractivity contribution in [1.29, 1.82) is 0 Å². The van der Waals surface area contributed by atoms with Crippen LogP contribution in [0.1, 0.15) is 18.5 Å². The van der Waals surface area contributed by atoms with Crippen LogP contribution in [0.5, 0.6) is 0 Å². The number of nitrogens with zero attached hydrogens (tertiary/aromatic N) is 1. The van der Waals surface area contributed by atoms with Gasteiger partial charge in [0.05, 0.1) is 6.04 Å². The Morgan fingerprint density at radius 3 is 2.16 bits per heavy atom. The van der Waals surface area contributed by atoms with Crippen LogP contribution in [0.15, 0.2) is 65.7 Å². The van der Waals surface area contributed by atoms with Gasteiger partial charge in [0, 0.05) is 5.69 Å². The maximum Gasteiger partial charge on any atom is 0.161 e. The lowest BCUT2D eigenvalue weighted by Gasteiger charge is -2.11. The van der Waals surface area contributed by atoms with E-state index in [4.69, 9.17) is 4.99 Å². The molecule has 0 aliphatic carbocycles. The Morgan fingerprint density at radius 1 is 1.00 bits per heavy atom. The molecule has 1 atom stereocenters. The van der Waals surface area contributed by atoms with Crippen LogP contribution in [0.4, 0.5) is 5.69 Å². The number of nitrogens with one attached hydrogen (secondary N) is 1. The van der Waals surface area contributed by atoms with Crippen LogP contribution in [0, 0.1) is 0 Å². The lowest BCUT2D eigenvalue weighted by atomic mass is 10.1. The number of hydrogen-bond acceptors (Lipinski definition) is 2. The normalized spacial score (nSPS) is 13.1. The number of thioether (sulfide) groups is 1. The summed E-state index contributed by atoms with van der Waals surface area (Å²) in [6.45, 7) is 2.11. The van der Waals surface area contributed by atoms with Crippen LogP contribution < -0.4 is 5.32 Å². The molecule has 2 aromatic carbocycles. The van der Waals surface area contributed by atoms with Crippen molar-refractivity contribution in [3.63, 3.8) is 0 Å². The third-order valence-electron chi connectivity index (χ3n) is 2.81. The van der Waals surface area contributed by atoms with Crippen molar-refractivity contribution < 1.29 is 0 Å². The monoisotopic (exact) mass is 270 g/mol. The molecule has 0 bridgehead atoms. The molecular formula is C16H18N2S. The van der Waals surface area contributed by atoms with E-state index in [1.165, 1.54) is 5.56 Å². The van der Waals surface area contributed by atoms with Gasteiger partial charge in [-0.05, 0) is 30.9 Å². The molecule has 0 aliphatic rings. The summed E-state index contributed by atoms with van der Waals surface area (Å²) < 4.78 is 0. The van der Waals surface area contributed by atoms with Gasteiger partial charge in [-0.15, -0.1) is 0 Å². The molecule has 0 aliphatic heterocycles. The van der Waals surface area contributed by atoms with Gasteiger partial charge in [-0.2, -0.15) is 0 Å². The molecule has 0 amide bonds. The van der Waals surface area contributed by atoms with E-state index in [1.807, 2.05) is 54.8 Å². The standard InChI is InChI=1S/C16H18N2S/c1-13(14-9-5-3-6-10-14)17-16(19-2)18-15-11-7-4-8-12-15/h3-13H,1-2H3,(H,17,18). The maximum atomic E-state index is 4.73. The number of para-hydroxylation sites is 1. The van der Waals surface area contributed by atoms with Gasteiger partial charge in [0.1, 0.15) is 0 Å². The van der Waals surface area contributed by atoms with Crippen molar-refractivity contribution in [2.45, 2.75) is 13.0 Å². The molecule has 0 saturated heterocycles. The lowest BCUT2D eigenvalue weighted by Crippen LogP contribution is -2.08. The fraction of sp³-hybridized carbons (Fsp3) is 0.188. The number of amidine groups is 1. The fourth-order valence-corrected chi connectivity index (χ4v) is 2.25. The summed E-state index contributed by atoms with van der Waals surface area (Å²) in [6, 6.07) is 20.6. The Bertz CT molecular complexity index is 523. The smallest absolute Gasteiger partial charge is 0.161 e. The second-order valence-corrected chi connectivity index (χ2v) is 5.01. The molecule has 0 aromatic heterocycles. The zero-order valence-electron chi connectivity index (χ0n) is 11.2. The Morgan fingerprint density at radius 2 is 1.58 bits per heavy atom. The van der Waals surface area contributed by atoms with Crippen LogP contribution in [0.2, 0.25) is 0 Å². The van der Waals surface area contributed by atoms with Crippen molar-refractivity contribution in [3.05, 3.63) is 66.2 Å². The SMILES string of the molecule is CSC(=NC(C)c1ccccc1)Nc1ccccc1. The Balaban J connectivity index is 2.11. The fourth-order valence-electron chi connectivity index (χ4n) is 1.76. The molecule has 98 valence electrons. The summed E-state index contributed by atoms with van der Waals surface area (Å²) in [6.07, 6.45) is 2.03. The summed E-state index contributed by atoms with van der Waals surface area (Å²) in [7, 11) is 0. The first-order valence-corrected chi connectivity index (χ1v) is 7.51. The Labute approximate surface area is 119 Å². The van der Waals surface area contributed by atoms with Gasteiger partial charge in [0.2, 0.25) is 0 Å². The Kier molecular flexibility index (Phi) is 5.04. The topological polar surface area (TPSA) is 24.4 Å². The summed E-state index contributed by atoms with van der Waals surface area (Å²) >= 11 is 1.63. The highest BCUT2D eigenvalue weighted by atomic mass is 32.2. The minimum absolute atomic E-state index is 0.153. The molecule has 3 heteroatoms. The van der Waals surface area contributed by atoms with E-state index in [1.54, 1.807) is 11.8 Å². The average molecular weight is 270 g/mol. The van der Waals surface area contributed by atoms with Gasteiger partial charge >= 0.3 is 0 Å². The van der Waals surface area contributed by atoms with Crippen LogP contribution in [-0.4, -0.2) is 11.4 Å². The number of anilines is 1. The van der Waals surface area contributed by atoms with Crippen LogP contribution >= 0.6 is 11.8 Å². The number of benzene rings is 2. The summed E-state index contributed by atoms with van der Waals surface area (Å²) in [5.74, 6) is 0. The molecule has 1 unspecified atom stereocenters. The van der Waals surface area contributed by atoms with Crippen molar-refractivity contribution >= 4 is 22.6 Å². The molecule has 0 radical (unpaired) electrons. The highest BCUT2D eigenvalue weighted by Crippen LogP contribution is 2.19. The van der Waals surface area contributed by atoms with Gasteiger partial charge in [-0.1, -0.05) is 60.3 Å². The number of aliphatic imine (C=N–C) groups is 1. The van der Waals surface area contributed by atoms with Crippen LogP contribution in [0.3, 0.4) is 0 Å². The third-order valence-corrected chi connectivity index (χ3v) is 3.41. The molecule has 0 fully saturated rings. The first-order valence-electron chi connectivity index (χ1n) is 6.28. The van der Waals surface area contributed by atoms with E-state index in [2.05, 4.69) is 24.4 Å². The Hall–Kier alpha value is -1.74. The van der Waals surface area contributed by atoms with E-state index in [9.17, 15) is 0 Å². The van der Waals surface area contributed by atoms with Crippen molar-refractivity contribution in [1.82, 2.24) is 0 Å². The zero-order chi connectivity index (χ0) is 13.5. The van der Waals surface area contributed by atoms with Crippen LogP contribution in [0.25, 0.3) is 0 Å². The maximum absolute atomic E-state index is 4.73. The summed E-state index contributed by atoms with van der Waals surface area (Å²) in [5.41, 5.74) is 2.29. The molecule has 2 rings (SSSR count). The van der Waals surface area contributed by atoms with Crippen molar-refractivity contribution in [2.24, 2.45) is 4.99 Å². The molecule has 2 nitrogen and oxygen atoms in total. The molecule has 1 N–H and O–H groups in total. The predicted molar refractivity (Wildman–Crippen MR) is 85.9 cm³/mol. The van der Waals surface area contributed by atoms with E-state index < -0.39 is 0 Å². The first kappa shape index (κ1) is 13.7. The highest BCUT2D eigenvalue weighted by Gasteiger charge is 2.05. The van der Waals surface area contributed by atoms with E-state index in [0.717, 1.165) is 10.9 Å². The number of hydrogen-bond donors (Lipinski definition) is 1. The molecule has 19 heavy (non-hydrogen) atoms.